The summed E-state index contributed by atoms with van der Waals surface area (Å²) in [7, 11) is 1.65. The second-order valence-corrected chi connectivity index (χ2v) is 4.98. The van der Waals surface area contributed by atoms with Gasteiger partial charge in [-0.1, -0.05) is 15.9 Å². The van der Waals surface area contributed by atoms with Gasteiger partial charge in [-0.05, 0) is 37.6 Å². The zero-order chi connectivity index (χ0) is 13.5. The fourth-order valence-electron chi connectivity index (χ4n) is 1.55. The molecule has 0 aliphatic heterocycles. The van der Waals surface area contributed by atoms with Crippen molar-refractivity contribution in [2.45, 2.75) is 19.9 Å². The Kier molecular flexibility index (Phi) is 6.11. The van der Waals surface area contributed by atoms with Crippen LogP contribution in [0.25, 0.3) is 0 Å². The number of rotatable bonds is 4. The van der Waals surface area contributed by atoms with Gasteiger partial charge in [0.15, 0.2) is 0 Å². The number of hydrogen-bond donors (Lipinski definition) is 3. The summed E-state index contributed by atoms with van der Waals surface area (Å²) < 4.78 is 6.03. The minimum Gasteiger partial charge on any atom is -0.382 e. The molecule has 0 fully saturated rings. The van der Waals surface area contributed by atoms with E-state index in [0.29, 0.717) is 12.6 Å². The maximum Gasteiger partial charge on any atom is 0.210 e. The number of ether oxygens (including phenoxy) is 1. The van der Waals surface area contributed by atoms with E-state index in [1.54, 1.807) is 7.11 Å². The number of anilines is 1. The zero-order valence-corrected chi connectivity index (χ0v) is 12.4. The van der Waals surface area contributed by atoms with Crippen LogP contribution in [0.1, 0.15) is 12.5 Å². The Hall–Kier alpha value is -1.11. The van der Waals surface area contributed by atoms with Crippen LogP contribution in [0.3, 0.4) is 0 Å². The van der Waals surface area contributed by atoms with Crippen molar-refractivity contribution in [2.24, 2.45) is 10.8 Å². The lowest BCUT2D eigenvalue weighted by Gasteiger charge is -2.13. The van der Waals surface area contributed by atoms with Crippen LogP contribution in [0.4, 0.5) is 5.69 Å². The van der Waals surface area contributed by atoms with Gasteiger partial charge < -0.3 is 10.1 Å². The van der Waals surface area contributed by atoms with Gasteiger partial charge in [0, 0.05) is 17.3 Å². The number of nitrogens with two attached hydrogens (primary N) is 1. The lowest BCUT2D eigenvalue weighted by Crippen LogP contribution is -2.37. The van der Waals surface area contributed by atoms with Gasteiger partial charge >= 0.3 is 0 Å². The summed E-state index contributed by atoms with van der Waals surface area (Å²) in [6.07, 6.45) is 0. The lowest BCUT2D eigenvalue weighted by molar-refractivity contribution is 0.185. The van der Waals surface area contributed by atoms with Gasteiger partial charge in [-0.25, -0.2) is 10.8 Å². The molecule has 0 amide bonds. The third kappa shape index (κ3) is 5.03. The topological polar surface area (TPSA) is 71.7 Å². The van der Waals surface area contributed by atoms with E-state index in [1.165, 1.54) is 0 Å². The molecular weight excluding hydrogens is 296 g/mol. The van der Waals surface area contributed by atoms with Crippen LogP contribution < -0.4 is 16.6 Å². The Morgan fingerprint density at radius 2 is 2.22 bits per heavy atom. The number of nitrogens with one attached hydrogen (secondary N) is 2. The van der Waals surface area contributed by atoms with E-state index in [2.05, 4.69) is 31.7 Å². The standard InChI is InChI=1S/C12H19BrN4O/c1-8-4-10(13)6-11(5-8)16-12(17-14)15-9(2)7-18-3/h4-6,9H,7,14H2,1-3H3,(H2,15,16,17). The van der Waals surface area contributed by atoms with Crippen LogP contribution >= 0.6 is 15.9 Å². The summed E-state index contributed by atoms with van der Waals surface area (Å²) in [5, 5.41) is 3.13. The van der Waals surface area contributed by atoms with Crippen molar-refractivity contribution in [1.82, 2.24) is 5.43 Å². The molecule has 1 aromatic rings. The second-order valence-electron chi connectivity index (χ2n) is 4.07. The summed E-state index contributed by atoms with van der Waals surface area (Å²) in [5.41, 5.74) is 4.61. The highest BCUT2D eigenvalue weighted by atomic mass is 79.9. The van der Waals surface area contributed by atoms with E-state index < -0.39 is 0 Å². The Morgan fingerprint density at radius 3 is 2.78 bits per heavy atom. The molecule has 0 aliphatic rings. The van der Waals surface area contributed by atoms with E-state index >= 15 is 0 Å². The molecule has 0 aromatic heterocycles. The molecule has 1 atom stereocenters. The fraction of sp³-hybridized carbons (Fsp3) is 0.417. The number of nitrogens with zero attached hydrogens (tertiary/aromatic N) is 1. The quantitative estimate of drug-likeness (QED) is 0.344. The number of hydrazine groups is 1. The molecule has 0 radical (unpaired) electrons. The Labute approximate surface area is 116 Å². The molecule has 0 aliphatic carbocycles. The first-order valence-corrected chi connectivity index (χ1v) is 6.42. The van der Waals surface area contributed by atoms with Gasteiger partial charge in [-0.3, -0.25) is 5.43 Å². The molecule has 0 saturated heterocycles. The summed E-state index contributed by atoms with van der Waals surface area (Å²) >= 11 is 3.45. The van der Waals surface area contributed by atoms with Gasteiger partial charge in [-0.2, -0.15) is 0 Å². The SMILES string of the molecule is COCC(C)N=C(NN)Nc1cc(C)cc(Br)c1. The first-order chi connectivity index (χ1) is 8.55. The highest BCUT2D eigenvalue weighted by Crippen LogP contribution is 2.18. The van der Waals surface area contributed by atoms with E-state index in [1.807, 2.05) is 32.0 Å². The van der Waals surface area contributed by atoms with Gasteiger partial charge in [0.1, 0.15) is 0 Å². The molecule has 0 bridgehead atoms. The van der Waals surface area contributed by atoms with Crippen molar-refractivity contribution < 1.29 is 4.74 Å². The minimum absolute atomic E-state index is 0.0294. The normalized spacial score (nSPS) is 13.3. The summed E-state index contributed by atoms with van der Waals surface area (Å²) in [6, 6.07) is 6.03. The first-order valence-electron chi connectivity index (χ1n) is 5.62. The molecule has 0 saturated carbocycles. The zero-order valence-electron chi connectivity index (χ0n) is 10.8. The summed E-state index contributed by atoms with van der Waals surface area (Å²) in [6.45, 7) is 4.52. The Morgan fingerprint density at radius 1 is 1.50 bits per heavy atom. The third-order valence-corrected chi connectivity index (χ3v) is 2.66. The molecule has 0 spiro atoms. The van der Waals surface area contributed by atoms with Crippen LogP contribution in [0.15, 0.2) is 27.7 Å². The van der Waals surface area contributed by atoms with Crippen molar-refractivity contribution in [1.29, 1.82) is 0 Å². The highest BCUT2D eigenvalue weighted by molar-refractivity contribution is 9.10. The number of aryl methyl sites for hydroxylation is 1. The fourth-order valence-corrected chi connectivity index (χ4v) is 2.16. The smallest absolute Gasteiger partial charge is 0.210 e. The van der Waals surface area contributed by atoms with E-state index in [-0.39, 0.29) is 6.04 Å². The van der Waals surface area contributed by atoms with Crippen LogP contribution in [0, 0.1) is 6.92 Å². The predicted octanol–water partition coefficient (Wildman–Crippen LogP) is 2.02. The van der Waals surface area contributed by atoms with E-state index in [9.17, 15) is 0 Å². The molecule has 0 heterocycles. The number of methoxy groups -OCH3 is 1. The average molecular weight is 315 g/mol. The molecule has 6 heteroatoms. The van der Waals surface area contributed by atoms with E-state index in [4.69, 9.17) is 10.6 Å². The maximum absolute atomic E-state index is 5.45. The monoisotopic (exact) mass is 314 g/mol. The molecule has 4 N–H and O–H groups in total. The third-order valence-electron chi connectivity index (χ3n) is 2.20. The molecule has 100 valence electrons. The molecule has 1 rings (SSSR count). The number of halogens is 1. The van der Waals surface area contributed by atoms with Crippen molar-refractivity contribution in [2.75, 3.05) is 19.0 Å². The van der Waals surface area contributed by atoms with Gasteiger partial charge in [0.2, 0.25) is 5.96 Å². The molecule has 1 aromatic carbocycles. The van der Waals surface area contributed by atoms with Crippen molar-refractivity contribution in [3.63, 3.8) is 0 Å². The first kappa shape index (κ1) is 14.9. The second kappa shape index (κ2) is 7.35. The van der Waals surface area contributed by atoms with Crippen LogP contribution in [0.5, 0.6) is 0 Å². The van der Waals surface area contributed by atoms with Crippen LogP contribution in [-0.4, -0.2) is 25.7 Å². The van der Waals surface area contributed by atoms with Crippen LogP contribution in [-0.2, 0) is 4.74 Å². The van der Waals surface area contributed by atoms with E-state index in [0.717, 1.165) is 15.7 Å². The molecular formula is C12H19BrN4O. The maximum atomic E-state index is 5.45. The largest absolute Gasteiger partial charge is 0.382 e. The summed E-state index contributed by atoms with van der Waals surface area (Å²) in [4.78, 5) is 4.37. The number of benzene rings is 1. The molecule has 18 heavy (non-hydrogen) atoms. The van der Waals surface area contributed by atoms with Gasteiger partial charge in [0.05, 0.1) is 12.6 Å². The summed E-state index contributed by atoms with van der Waals surface area (Å²) in [5.74, 6) is 5.96. The molecule has 1 unspecified atom stereocenters. The minimum atomic E-state index is 0.0294. The van der Waals surface area contributed by atoms with Gasteiger partial charge in [-0.15, -0.1) is 0 Å². The molecule has 5 nitrogen and oxygen atoms in total. The van der Waals surface area contributed by atoms with Crippen molar-refractivity contribution in [3.05, 3.63) is 28.2 Å². The van der Waals surface area contributed by atoms with Crippen LogP contribution in [0.2, 0.25) is 0 Å². The number of aliphatic imine (C=N–C) groups is 1. The average Bonchev–Trinajstić information content (AvgIpc) is 2.27. The van der Waals surface area contributed by atoms with Crippen molar-refractivity contribution in [3.8, 4) is 0 Å². The van der Waals surface area contributed by atoms with Gasteiger partial charge in [0.25, 0.3) is 0 Å². The highest BCUT2D eigenvalue weighted by Gasteiger charge is 2.03. The lowest BCUT2D eigenvalue weighted by atomic mass is 10.2. The Bertz CT molecular complexity index is 402. The number of guanidine groups is 1. The Balaban J connectivity index is 2.79. The van der Waals surface area contributed by atoms with Crippen molar-refractivity contribution >= 4 is 27.6 Å². The number of hydrogen-bond acceptors (Lipinski definition) is 3. The predicted molar refractivity (Wildman–Crippen MR) is 78.6 cm³/mol.